The van der Waals surface area contributed by atoms with Gasteiger partial charge in [-0.1, -0.05) is 13.8 Å². The molecule has 1 aliphatic rings. The Kier molecular flexibility index (Phi) is 21.4. The third-order valence-corrected chi connectivity index (χ3v) is 11.6. The summed E-state index contributed by atoms with van der Waals surface area (Å²) in [6, 6.07) is 0. The number of phosphoric acid groups is 3. The van der Waals surface area contributed by atoms with Crippen molar-refractivity contribution in [2.45, 2.75) is 82.3 Å². The highest BCUT2D eigenvalue weighted by Crippen LogP contribution is 2.61. The van der Waals surface area contributed by atoms with Crippen molar-refractivity contribution in [1.29, 1.82) is 0 Å². The van der Waals surface area contributed by atoms with Gasteiger partial charge in [-0.2, -0.15) is 16.9 Å². The molecule has 3 rings (SSSR count). The SMILES string of the molecule is CC(=O)c1nc(N)c2ncn([C@@H]3O[C@H](COP(=O)(O)OP(=O)(O)OCC(C)(C)[C@@H](O)C(=O)NCCC(=O)NCCS)[C@@H](OP(=O)(O)O)[C@H]3O)c2n1.O=C[C@H](O)[C@@H](O)[C@H](O)[C@H](O)CO. The van der Waals surface area contributed by atoms with Crippen LogP contribution in [0.4, 0.5) is 5.82 Å². The number of carbonyl (C=O) groups is 4. The molecule has 2 unspecified atom stereocenters. The first-order valence-electron chi connectivity index (χ1n) is 17.9. The second-order valence-electron chi connectivity index (χ2n) is 13.9. The van der Waals surface area contributed by atoms with Gasteiger partial charge in [0.05, 0.1) is 26.1 Å². The molecule has 11 atom stereocenters. The molecule has 0 spiro atoms. The maximum absolute atomic E-state index is 12.6. The van der Waals surface area contributed by atoms with E-state index >= 15 is 0 Å². The van der Waals surface area contributed by atoms with Crippen LogP contribution in [0.5, 0.6) is 0 Å². The number of nitrogens with one attached hydrogen (secondary N) is 2. The predicted molar refractivity (Wildman–Crippen MR) is 211 cm³/mol. The van der Waals surface area contributed by atoms with Gasteiger partial charge < -0.3 is 81.2 Å². The second-order valence-corrected chi connectivity index (χ2v) is 18.6. The van der Waals surface area contributed by atoms with Gasteiger partial charge in [-0.15, -0.1) is 0 Å². The van der Waals surface area contributed by atoms with Crippen LogP contribution in [0.15, 0.2) is 6.33 Å². The number of rotatable bonds is 24. The third kappa shape index (κ3) is 17.1. The summed E-state index contributed by atoms with van der Waals surface area (Å²) in [7, 11) is -16.5. The number of Topliss-reactive ketones (excluding diaryl/α,β-unsaturated/α-hetero) is 1. The maximum atomic E-state index is 12.6. The van der Waals surface area contributed by atoms with Gasteiger partial charge in [-0.3, -0.25) is 32.5 Å². The zero-order chi connectivity index (χ0) is 48.2. The first kappa shape index (κ1) is 56.2. The number of imidazole rings is 1. The molecular weight excluding hydrogens is 939 g/mol. The lowest BCUT2D eigenvalue weighted by atomic mass is 9.87. The molecule has 2 amide bonds. The molecule has 2 aromatic heterocycles. The summed E-state index contributed by atoms with van der Waals surface area (Å²) in [5.74, 6) is -2.10. The highest BCUT2D eigenvalue weighted by Gasteiger charge is 2.50. The number of hydrogen-bond acceptors (Lipinski definition) is 24. The van der Waals surface area contributed by atoms with E-state index < -0.39 is 115 Å². The van der Waals surface area contributed by atoms with E-state index in [1.807, 2.05) is 0 Å². The molecule has 0 radical (unpaired) electrons. The molecule has 15 N–H and O–H groups in total. The van der Waals surface area contributed by atoms with Crippen LogP contribution in [0.2, 0.25) is 0 Å². The number of fused-ring (bicyclic) bond motifs is 1. The predicted octanol–water partition coefficient (Wildman–Crippen LogP) is -4.84. The Morgan fingerprint density at radius 1 is 1.02 bits per heavy atom. The monoisotopic (exact) mass is 989 g/mol. The zero-order valence-corrected chi connectivity index (χ0v) is 36.9. The van der Waals surface area contributed by atoms with Gasteiger partial charge in [0.15, 0.2) is 35.6 Å². The largest absolute Gasteiger partial charge is 0.481 e. The van der Waals surface area contributed by atoms with Gasteiger partial charge in [-0.05, 0) is 0 Å². The Labute approximate surface area is 361 Å². The molecular formula is C29H50N7O23P3S. The van der Waals surface area contributed by atoms with E-state index in [9.17, 15) is 62.7 Å². The molecule has 1 aliphatic heterocycles. The summed E-state index contributed by atoms with van der Waals surface area (Å²) < 4.78 is 61.8. The molecule has 63 heavy (non-hydrogen) atoms. The number of aldehydes is 1. The Hall–Kier alpha value is -2.97. The first-order chi connectivity index (χ1) is 29.0. The van der Waals surface area contributed by atoms with E-state index in [4.69, 9.17) is 45.1 Å². The first-order valence-corrected chi connectivity index (χ1v) is 23.0. The molecule has 34 heteroatoms. The van der Waals surface area contributed by atoms with Crippen LogP contribution in [0.1, 0.15) is 44.0 Å². The van der Waals surface area contributed by atoms with Crippen LogP contribution in [0.3, 0.4) is 0 Å². The van der Waals surface area contributed by atoms with E-state index in [1.54, 1.807) is 0 Å². The molecule has 0 bridgehead atoms. The minimum atomic E-state index is -5.59. The van der Waals surface area contributed by atoms with Crippen LogP contribution < -0.4 is 16.4 Å². The number of aliphatic hydroxyl groups is 7. The molecule has 1 fully saturated rings. The number of hydrogen-bond donors (Lipinski definition) is 15. The Morgan fingerprint density at radius 3 is 2.19 bits per heavy atom. The number of ketones is 1. The molecule has 0 saturated carbocycles. The highest BCUT2D eigenvalue weighted by atomic mass is 32.1. The van der Waals surface area contributed by atoms with Crippen molar-refractivity contribution in [3.05, 3.63) is 12.2 Å². The van der Waals surface area contributed by atoms with Gasteiger partial charge >= 0.3 is 23.5 Å². The number of phosphoric ester groups is 3. The Morgan fingerprint density at radius 2 is 1.63 bits per heavy atom. The summed E-state index contributed by atoms with van der Waals surface area (Å²) in [4.78, 5) is 96.7. The fraction of sp³-hybridized carbons (Fsp3) is 0.690. The summed E-state index contributed by atoms with van der Waals surface area (Å²) in [5.41, 5.74) is 4.04. The smallest absolute Gasteiger partial charge is 0.394 e. The standard InChI is InChI=1S/C23H38N7O17P3S.C6H12O6/c1-11(31)19-28-18(24)14-20(29-19)30(10-27-14)22-15(33)16(46-48(36,37)38)12(45-22)8-43-49(39,40)47-50(41,42)44-9-23(2,3)17(34)21(35)26-5-4-13(32)25-6-7-51;7-1-3(9)5(11)6(12)4(10)2-8/h10,12,15-17,22,33-34,51H,4-9H2,1-3H3,(H,25,32)(H,26,35)(H,39,40)(H,41,42)(H2,24,28,29)(H2,36,37,38);1,3-6,8-12H,2H2/t12-,15-,16-,17+,22-;3-,4+,5+,6+/m10/s1. The lowest BCUT2D eigenvalue weighted by Crippen LogP contribution is -2.46. The maximum Gasteiger partial charge on any atom is 0.481 e. The molecule has 30 nitrogen and oxygen atoms in total. The minimum Gasteiger partial charge on any atom is -0.394 e. The van der Waals surface area contributed by atoms with E-state index in [2.05, 4.69) is 47.0 Å². The van der Waals surface area contributed by atoms with Crippen LogP contribution in [0, 0.1) is 5.41 Å². The number of nitrogens with zero attached hydrogens (tertiary/aromatic N) is 4. The van der Waals surface area contributed by atoms with E-state index in [0.717, 1.165) is 17.8 Å². The van der Waals surface area contributed by atoms with Gasteiger partial charge in [-0.25, -0.2) is 28.6 Å². The van der Waals surface area contributed by atoms with Crippen molar-refractivity contribution in [3.8, 4) is 0 Å². The number of aliphatic hydroxyl groups excluding tert-OH is 7. The van der Waals surface area contributed by atoms with Crippen molar-refractivity contribution >= 4 is 77.0 Å². The number of nitrogens with two attached hydrogens (primary N) is 1. The number of thiol groups is 1. The van der Waals surface area contributed by atoms with Crippen molar-refractivity contribution < 1.29 is 111 Å². The lowest BCUT2D eigenvalue weighted by molar-refractivity contribution is -0.137. The summed E-state index contributed by atoms with van der Waals surface area (Å²) in [6.07, 6.45) is -15.1. The number of nitrogen functional groups attached to an aromatic ring is 1. The van der Waals surface area contributed by atoms with Crippen molar-refractivity contribution in [3.63, 3.8) is 0 Å². The molecule has 0 aromatic carbocycles. The van der Waals surface area contributed by atoms with Crippen LogP contribution in [0.25, 0.3) is 11.2 Å². The lowest BCUT2D eigenvalue weighted by Gasteiger charge is -2.30. The Balaban J connectivity index is 0.000000988. The number of aromatic nitrogens is 4. The van der Waals surface area contributed by atoms with Crippen molar-refractivity contribution in [1.82, 2.24) is 30.2 Å². The average molecular weight is 990 g/mol. The van der Waals surface area contributed by atoms with E-state index in [-0.39, 0.29) is 48.0 Å². The summed E-state index contributed by atoms with van der Waals surface area (Å²) >= 11 is 3.95. The third-order valence-electron chi connectivity index (χ3n) is 8.31. The molecule has 2 aromatic rings. The van der Waals surface area contributed by atoms with Gasteiger partial charge in [0.1, 0.15) is 54.3 Å². The van der Waals surface area contributed by atoms with E-state index in [1.165, 1.54) is 13.8 Å². The van der Waals surface area contributed by atoms with Crippen LogP contribution >= 0.6 is 36.1 Å². The minimum absolute atomic E-state index is 0.0258. The van der Waals surface area contributed by atoms with Gasteiger partial charge in [0.25, 0.3) is 0 Å². The number of ether oxygens (including phenoxy) is 1. The quantitative estimate of drug-likeness (QED) is 0.0203. The fourth-order valence-electron chi connectivity index (χ4n) is 4.98. The normalized spacial score (nSPS) is 22.3. The van der Waals surface area contributed by atoms with Crippen LogP contribution in [-0.4, -0.2) is 186 Å². The average Bonchev–Trinajstić information content (AvgIpc) is 3.76. The molecule has 0 aliphatic carbocycles. The van der Waals surface area contributed by atoms with Crippen molar-refractivity contribution in [2.75, 3.05) is 44.4 Å². The number of amides is 2. The summed E-state index contributed by atoms with van der Waals surface area (Å²) in [5, 5.41) is 69.7. The zero-order valence-electron chi connectivity index (χ0n) is 33.3. The van der Waals surface area contributed by atoms with Crippen molar-refractivity contribution in [2.24, 2.45) is 5.41 Å². The number of carbonyl (C=O) groups excluding carboxylic acids is 4. The fourth-order valence-corrected chi connectivity index (χ4v) is 7.92. The topological polar surface area (TPSA) is 482 Å². The molecule has 3 heterocycles. The second kappa shape index (κ2) is 24.0. The molecule has 1 saturated heterocycles. The van der Waals surface area contributed by atoms with E-state index in [0.29, 0.717) is 12.3 Å². The van der Waals surface area contributed by atoms with Crippen LogP contribution in [-0.2, 0) is 50.7 Å². The Bertz CT molecular complexity index is 2030. The number of anilines is 1. The van der Waals surface area contributed by atoms with Gasteiger partial charge in [0.2, 0.25) is 11.8 Å². The highest BCUT2D eigenvalue weighted by molar-refractivity contribution is 7.80. The summed E-state index contributed by atoms with van der Waals surface area (Å²) in [6.45, 7) is 0.982. The van der Waals surface area contributed by atoms with Gasteiger partial charge in [0, 0.05) is 37.6 Å². The molecule has 360 valence electrons.